The molecular formula is C26H34N4O4S. The minimum absolute atomic E-state index is 0.0222. The Morgan fingerprint density at radius 2 is 1.91 bits per heavy atom. The van der Waals surface area contributed by atoms with E-state index in [1.807, 2.05) is 42.6 Å². The Bertz CT molecular complexity index is 1260. The Morgan fingerprint density at radius 1 is 1.20 bits per heavy atom. The van der Waals surface area contributed by atoms with Crippen molar-refractivity contribution in [1.82, 2.24) is 14.6 Å². The molecule has 1 aliphatic heterocycles. The highest BCUT2D eigenvalue weighted by Crippen LogP contribution is 2.37. The Kier molecular flexibility index (Phi) is 7.91. The van der Waals surface area contributed by atoms with E-state index in [-0.39, 0.29) is 24.0 Å². The minimum Gasteiger partial charge on any atom is -0.392 e. The average Bonchev–Trinajstić information content (AvgIpc) is 3.26. The lowest BCUT2D eigenvalue weighted by molar-refractivity contribution is -0.117. The van der Waals surface area contributed by atoms with Crippen molar-refractivity contribution in [2.24, 2.45) is 5.73 Å². The molecule has 8 nitrogen and oxygen atoms in total. The van der Waals surface area contributed by atoms with Gasteiger partial charge >= 0.3 is 0 Å². The molecule has 0 spiro atoms. The number of aliphatic hydroxyl groups excluding tert-OH is 1. The number of rotatable bonds is 10. The van der Waals surface area contributed by atoms with Gasteiger partial charge in [0.2, 0.25) is 15.9 Å². The van der Waals surface area contributed by atoms with Gasteiger partial charge < -0.3 is 21.1 Å². The summed E-state index contributed by atoms with van der Waals surface area (Å²) in [4.78, 5) is 15.1. The molecule has 0 radical (unpaired) electrons. The molecule has 4 rings (SSSR count). The van der Waals surface area contributed by atoms with Crippen LogP contribution in [0.3, 0.4) is 0 Å². The van der Waals surface area contributed by atoms with Crippen LogP contribution in [0.5, 0.6) is 0 Å². The molecule has 0 aliphatic carbocycles. The van der Waals surface area contributed by atoms with E-state index in [1.165, 1.54) is 0 Å². The van der Waals surface area contributed by atoms with E-state index in [2.05, 4.69) is 16.4 Å². The van der Waals surface area contributed by atoms with Crippen LogP contribution < -0.4 is 11.1 Å². The van der Waals surface area contributed by atoms with Gasteiger partial charge in [-0.1, -0.05) is 30.3 Å². The monoisotopic (exact) mass is 498 g/mol. The van der Waals surface area contributed by atoms with Crippen LogP contribution in [0, 0.1) is 0 Å². The average molecular weight is 499 g/mol. The number of primary amides is 1. The summed E-state index contributed by atoms with van der Waals surface area (Å²) >= 11 is 0. The number of carbonyl (C=O) groups excluding carboxylic acids is 1. The van der Waals surface area contributed by atoms with Crippen molar-refractivity contribution in [3.63, 3.8) is 0 Å². The highest BCUT2D eigenvalue weighted by atomic mass is 32.2. The lowest BCUT2D eigenvalue weighted by Gasteiger charge is -2.31. The molecule has 0 saturated carbocycles. The number of nitrogens with two attached hydrogens (primary N) is 1. The van der Waals surface area contributed by atoms with Crippen molar-refractivity contribution < 1.29 is 18.3 Å². The van der Waals surface area contributed by atoms with Gasteiger partial charge in [0.15, 0.2) is 0 Å². The van der Waals surface area contributed by atoms with Crippen LogP contribution in [-0.4, -0.2) is 66.8 Å². The zero-order valence-corrected chi connectivity index (χ0v) is 20.9. The van der Waals surface area contributed by atoms with E-state index < -0.39 is 16.1 Å². The first-order valence-corrected chi connectivity index (χ1v) is 13.7. The fraction of sp³-hybridized carbons (Fsp3) is 0.423. The molecule has 9 heteroatoms. The van der Waals surface area contributed by atoms with Crippen molar-refractivity contribution in [1.29, 1.82) is 0 Å². The van der Waals surface area contributed by atoms with Crippen LogP contribution >= 0.6 is 0 Å². The molecule has 1 aliphatic rings. The maximum Gasteiger partial charge on any atom is 0.221 e. The number of H-pyrrole nitrogens is 1. The quantitative estimate of drug-likeness (QED) is 0.319. The van der Waals surface area contributed by atoms with Crippen LogP contribution in [-0.2, 0) is 21.2 Å². The third kappa shape index (κ3) is 6.10. The van der Waals surface area contributed by atoms with E-state index in [0.717, 1.165) is 46.0 Å². The highest BCUT2D eigenvalue weighted by molar-refractivity contribution is 7.89. The van der Waals surface area contributed by atoms with Crippen molar-refractivity contribution in [3.05, 3.63) is 59.8 Å². The number of sulfonamides is 1. The summed E-state index contributed by atoms with van der Waals surface area (Å²) < 4.78 is 27.1. The first-order valence-electron chi connectivity index (χ1n) is 12.1. The van der Waals surface area contributed by atoms with Crippen LogP contribution in [0.2, 0.25) is 0 Å². The number of aromatic nitrogens is 1. The fourth-order valence-corrected chi connectivity index (χ4v) is 6.30. The second-order valence-electron chi connectivity index (χ2n) is 9.35. The number of carbonyl (C=O) groups is 1. The molecule has 1 saturated heterocycles. The Labute approximate surface area is 206 Å². The van der Waals surface area contributed by atoms with Crippen molar-refractivity contribution in [2.45, 2.75) is 38.2 Å². The zero-order valence-electron chi connectivity index (χ0n) is 20.0. The van der Waals surface area contributed by atoms with Gasteiger partial charge in [0.1, 0.15) is 0 Å². The molecule has 35 heavy (non-hydrogen) atoms. The second kappa shape index (κ2) is 10.9. The van der Waals surface area contributed by atoms with E-state index >= 15 is 0 Å². The number of aliphatic hydroxyl groups is 1. The SMILES string of the molecule is C[C@H](O)CNCCS(=O)(=O)N1CCC(c2c[nH]c3c(CC(N)=O)cc(-c4ccccc4)cc23)CC1. The number of amides is 1. The largest absolute Gasteiger partial charge is 0.392 e. The Morgan fingerprint density at radius 3 is 2.57 bits per heavy atom. The van der Waals surface area contributed by atoms with Gasteiger partial charge in [0.05, 0.1) is 18.3 Å². The van der Waals surface area contributed by atoms with Gasteiger partial charge in [0.25, 0.3) is 0 Å². The highest BCUT2D eigenvalue weighted by Gasteiger charge is 2.29. The summed E-state index contributed by atoms with van der Waals surface area (Å²) in [6.45, 7) is 3.31. The van der Waals surface area contributed by atoms with E-state index in [1.54, 1.807) is 11.2 Å². The summed E-state index contributed by atoms with van der Waals surface area (Å²) in [5.41, 5.74) is 10.6. The lowest BCUT2D eigenvalue weighted by atomic mass is 9.88. The van der Waals surface area contributed by atoms with E-state index in [4.69, 9.17) is 5.73 Å². The predicted molar refractivity (Wildman–Crippen MR) is 139 cm³/mol. The molecular weight excluding hydrogens is 464 g/mol. The molecule has 0 bridgehead atoms. The topological polar surface area (TPSA) is 129 Å². The number of benzene rings is 2. The van der Waals surface area contributed by atoms with Gasteiger partial charge in [-0.25, -0.2) is 12.7 Å². The number of piperidine rings is 1. The summed E-state index contributed by atoms with van der Waals surface area (Å²) in [5.74, 6) is -0.140. The predicted octanol–water partition coefficient (Wildman–Crippen LogP) is 2.34. The fourth-order valence-electron chi connectivity index (χ4n) is 4.88. The molecule has 1 amide bonds. The first-order chi connectivity index (χ1) is 16.7. The smallest absolute Gasteiger partial charge is 0.221 e. The van der Waals surface area contributed by atoms with Gasteiger partial charge in [0, 0.05) is 43.3 Å². The molecule has 2 heterocycles. The number of hydrogen-bond acceptors (Lipinski definition) is 5. The maximum atomic E-state index is 12.8. The lowest BCUT2D eigenvalue weighted by Crippen LogP contribution is -2.41. The van der Waals surface area contributed by atoms with Crippen molar-refractivity contribution >= 4 is 26.8 Å². The van der Waals surface area contributed by atoms with Gasteiger partial charge in [-0.2, -0.15) is 0 Å². The molecule has 3 aromatic rings. The summed E-state index contributed by atoms with van der Waals surface area (Å²) in [5, 5.41) is 13.4. The van der Waals surface area contributed by atoms with E-state index in [0.29, 0.717) is 26.2 Å². The number of nitrogens with zero attached hydrogens (tertiary/aromatic N) is 1. The maximum absolute atomic E-state index is 12.8. The number of fused-ring (bicyclic) bond motifs is 1. The molecule has 2 aromatic carbocycles. The molecule has 0 unspecified atom stereocenters. The van der Waals surface area contributed by atoms with Crippen LogP contribution in [0.1, 0.15) is 36.8 Å². The standard InChI is InChI=1S/C26H34N4O4S/c1-18(31)16-28-9-12-35(33,34)30-10-7-20(8-11-30)24-17-29-26-22(15-25(27)32)13-21(14-23(24)26)19-5-3-2-4-6-19/h2-6,13-14,17-18,20,28-29,31H,7-12,15-16H2,1H3,(H2,27,32)/t18-/m0/s1. The molecule has 1 atom stereocenters. The Balaban J connectivity index is 1.53. The number of hydrogen-bond donors (Lipinski definition) is 4. The zero-order chi connectivity index (χ0) is 25.0. The van der Waals surface area contributed by atoms with Crippen LogP contribution in [0.25, 0.3) is 22.0 Å². The van der Waals surface area contributed by atoms with Gasteiger partial charge in [-0.3, -0.25) is 4.79 Å². The summed E-state index contributed by atoms with van der Waals surface area (Å²) in [7, 11) is -3.35. The summed E-state index contributed by atoms with van der Waals surface area (Å²) in [6.07, 6.45) is 3.10. The molecule has 1 aromatic heterocycles. The van der Waals surface area contributed by atoms with Crippen molar-refractivity contribution in [3.8, 4) is 11.1 Å². The molecule has 1 fully saturated rings. The molecule has 5 N–H and O–H groups in total. The number of nitrogens with one attached hydrogen (secondary N) is 2. The van der Waals surface area contributed by atoms with Crippen molar-refractivity contribution in [2.75, 3.05) is 31.9 Å². The second-order valence-corrected chi connectivity index (χ2v) is 11.4. The third-order valence-electron chi connectivity index (χ3n) is 6.64. The Hall–Kier alpha value is -2.72. The van der Waals surface area contributed by atoms with E-state index in [9.17, 15) is 18.3 Å². The van der Waals surface area contributed by atoms with Crippen LogP contribution in [0.15, 0.2) is 48.7 Å². The summed E-state index contributed by atoms with van der Waals surface area (Å²) in [6, 6.07) is 14.2. The van der Waals surface area contributed by atoms with Gasteiger partial charge in [-0.05, 0) is 60.1 Å². The molecule has 188 valence electrons. The third-order valence-corrected chi connectivity index (χ3v) is 8.51. The van der Waals surface area contributed by atoms with Crippen LogP contribution in [0.4, 0.5) is 0 Å². The first kappa shape index (κ1) is 25.4. The minimum atomic E-state index is -3.35. The number of aromatic amines is 1. The van der Waals surface area contributed by atoms with Gasteiger partial charge in [-0.15, -0.1) is 0 Å². The normalized spacial score (nSPS) is 16.5.